The number of nitriles is 1. The molecule has 0 amide bonds. The Labute approximate surface area is 144 Å². The molecule has 2 aromatic rings. The molecule has 0 bridgehead atoms. The molecule has 0 spiro atoms. The summed E-state index contributed by atoms with van der Waals surface area (Å²) in [4.78, 5) is 10.8. The van der Waals surface area contributed by atoms with Crippen molar-refractivity contribution in [2.75, 3.05) is 4.72 Å². The van der Waals surface area contributed by atoms with Gasteiger partial charge in [0.2, 0.25) is 0 Å². The molecule has 2 rings (SSSR count). The first-order chi connectivity index (χ1) is 11.1. The van der Waals surface area contributed by atoms with E-state index in [1.807, 2.05) is 26.8 Å². The Bertz CT molecular complexity index is 932. The van der Waals surface area contributed by atoms with Gasteiger partial charge in [0.05, 0.1) is 11.3 Å². The van der Waals surface area contributed by atoms with Crippen LogP contribution in [0.5, 0.6) is 0 Å². The minimum absolute atomic E-state index is 0.0158. The van der Waals surface area contributed by atoms with Crippen molar-refractivity contribution in [2.45, 2.75) is 31.1 Å². The summed E-state index contributed by atoms with van der Waals surface area (Å²) in [5.41, 5.74) is 0.601. The van der Waals surface area contributed by atoms with Crippen LogP contribution in [0.25, 0.3) is 0 Å². The second-order valence-electron chi connectivity index (χ2n) is 6.15. The number of carboxylic acid groups (broad SMARTS) is 1. The van der Waals surface area contributed by atoms with Gasteiger partial charge in [-0.05, 0) is 34.6 Å². The fourth-order valence-electron chi connectivity index (χ4n) is 2.07. The molecule has 0 fully saturated rings. The van der Waals surface area contributed by atoms with Crippen molar-refractivity contribution in [3.8, 4) is 6.07 Å². The van der Waals surface area contributed by atoms with Crippen LogP contribution < -0.4 is 4.72 Å². The molecular weight excluding hydrogens is 348 g/mol. The summed E-state index contributed by atoms with van der Waals surface area (Å²) in [5.74, 6) is -1.22. The van der Waals surface area contributed by atoms with Gasteiger partial charge < -0.3 is 5.11 Å². The summed E-state index contributed by atoms with van der Waals surface area (Å²) in [6, 6.07) is 7.84. The SMILES string of the molecule is CC(C)(C)c1ccc(S(=O)(=O)Nc2ccsc2C(=O)O)c(C#N)c1. The Morgan fingerprint density at radius 2 is 1.96 bits per heavy atom. The fraction of sp³-hybridized carbons (Fsp3) is 0.250. The number of anilines is 1. The van der Waals surface area contributed by atoms with E-state index in [1.54, 1.807) is 12.1 Å². The number of hydrogen-bond acceptors (Lipinski definition) is 5. The van der Waals surface area contributed by atoms with Crippen LogP contribution in [-0.4, -0.2) is 19.5 Å². The number of sulfonamides is 1. The lowest BCUT2D eigenvalue weighted by atomic mass is 9.86. The zero-order chi connectivity index (χ0) is 18.1. The third kappa shape index (κ3) is 3.58. The molecule has 24 heavy (non-hydrogen) atoms. The van der Waals surface area contributed by atoms with Crippen molar-refractivity contribution in [1.82, 2.24) is 0 Å². The molecule has 1 aromatic heterocycles. The average molecular weight is 364 g/mol. The molecule has 2 N–H and O–H groups in total. The first-order valence-corrected chi connectivity index (χ1v) is 9.31. The number of nitrogens with zero attached hydrogens (tertiary/aromatic N) is 1. The Hall–Kier alpha value is -2.37. The van der Waals surface area contributed by atoms with E-state index in [4.69, 9.17) is 5.11 Å². The molecular formula is C16H16N2O4S2. The van der Waals surface area contributed by atoms with E-state index >= 15 is 0 Å². The predicted molar refractivity (Wildman–Crippen MR) is 91.9 cm³/mol. The maximum atomic E-state index is 12.6. The van der Waals surface area contributed by atoms with Gasteiger partial charge in [-0.3, -0.25) is 4.72 Å². The molecule has 0 saturated heterocycles. The van der Waals surface area contributed by atoms with Crippen LogP contribution in [0.1, 0.15) is 41.6 Å². The lowest BCUT2D eigenvalue weighted by Crippen LogP contribution is -2.17. The normalized spacial score (nSPS) is 11.8. The van der Waals surface area contributed by atoms with E-state index in [1.165, 1.54) is 17.5 Å². The van der Waals surface area contributed by atoms with Crippen molar-refractivity contribution in [3.63, 3.8) is 0 Å². The van der Waals surface area contributed by atoms with E-state index in [0.717, 1.165) is 16.9 Å². The van der Waals surface area contributed by atoms with Crippen LogP contribution in [0.4, 0.5) is 5.69 Å². The molecule has 0 aliphatic carbocycles. The summed E-state index contributed by atoms with van der Waals surface area (Å²) >= 11 is 0.918. The standard InChI is InChI=1S/C16H16N2O4S2/c1-16(2,3)11-4-5-13(10(8-11)9-17)24(21,22)18-12-6-7-23-14(12)15(19)20/h4-8,18H,1-3H3,(H,19,20). The van der Waals surface area contributed by atoms with E-state index in [2.05, 4.69) is 4.72 Å². The number of carbonyl (C=O) groups is 1. The van der Waals surface area contributed by atoms with Crippen molar-refractivity contribution >= 4 is 33.0 Å². The van der Waals surface area contributed by atoms with Crippen molar-refractivity contribution in [2.24, 2.45) is 0 Å². The number of benzene rings is 1. The van der Waals surface area contributed by atoms with Crippen LogP contribution in [0.2, 0.25) is 0 Å². The lowest BCUT2D eigenvalue weighted by molar-refractivity contribution is 0.0703. The Kier molecular flexibility index (Phi) is 4.69. The Morgan fingerprint density at radius 3 is 2.50 bits per heavy atom. The van der Waals surface area contributed by atoms with E-state index < -0.39 is 16.0 Å². The fourth-order valence-corrected chi connectivity index (χ4v) is 4.04. The third-order valence-corrected chi connectivity index (χ3v) is 5.69. The number of nitrogens with one attached hydrogen (secondary N) is 1. The van der Waals surface area contributed by atoms with Gasteiger partial charge in [0, 0.05) is 0 Å². The molecule has 0 aliphatic rings. The Balaban J connectivity index is 2.48. The van der Waals surface area contributed by atoms with Gasteiger partial charge >= 0.3 is 5.97 Å². The van der Waals surface area contributed by atoms with E-state index in [0.29, 0.717) is 0 Å². The van der Waals surface area contributed by atoms with Gasteiger partial charge in [-0.15, -0.1) is 11.3 Å². The molecule has 1 aromatic carbocycles. The second kappa shape index (κ2) is 6.26. The predicted octanol–water partition coefficient (Wildman–Crippen LogP) is 3.42. The summed E-state index contributed by atoms with van der Waals surface area (Å²) in [6.07, 6.45) is 0. The molecule has 0 saturated carbocycles. The highest BCUT2D eigenvalue weighted by Crippen LogP contribution is 2.29. The van der Waals surface area contributed by atoms with Gasteiger partial charge in [-0.2, -0.15) is 5.26 Å². The molecule has 0 atom stereocenters. The first-order valence-electron chi connectivity index (χ1n) is 6.94. The average Bonchev–Trinajstić information content (AvgIpc) is 2.93. The van der Waals surface area contributed by atoms with Gasteiger partial charge in [-0.25, -0.2) is 13.2 Å². The molecule has 6 nitrogen and oxygen atoms in total. The van der Waals surface area contributed by atoms with Crippen molar-refractivity contribution in [1.29, 1.82) is 5.26 Å². The highest BCUT2D eigenvalue weighted by atomic mass is 32.2. The van der Waals surface area contributed by atoms with Gasteiger partial charge in [0.25, 0.3) is 10.0 Å². The Morgan fingerprint density at radius 1 is 1.29 bits per heavy atom. The summed E-state index contributed by atoms with van der Waals surface area (Å²) in [5, 5.41) is 19.9. The van der Waals surface area contributed by atoms with Crippen LogP contribution in [0, 0.1) is 11.3 Å². The minimum atomic E-state index is -4.07. The maximum Gasteiger partial charge on any atom is 0.348 e. The molecule has 126 valence electrons. The first kappa shape index (κ1) is 18.0. The summed E-state index contributed by atoms with van der Waals surface area (Å²) in [7, 11) is -4.07. The van der Waals surface area contributed by atoms with Crippen LogP contribution >= 0.6 is 11.3 Å². The molecule has 1 heterocycles. The largest absolute Gasteiger partial charge is 0.477 e. The van der Waals surface area contributed by atoms with Crippen molar-refractivity contribution < 1.29 is 18.3 Å². The lowest BCUT2D eigenvalue weighted by Gasteiger charge is -2.20. The van der Waals surface area contributed by atoms with Crippen LogP contribution in [0.3, 0.4) is 0 Å². The number of hydrogen-bond donors (Lipinski definition) is 2. The quantitative estimate of drug-likeness (QED) is 0.864. The zero-order valence-corrected chi connectivity index (χ0v) is 15.0. The molecule has 0 radical (unpaired) electrons. The number of rotatable bonds is 4. The summed E-state index contributed by atoms with van der Waals surface area (Å²) < 4.78 is 27.4. The van der Waals surface area contributed by atoms with Gasteiger partial charge in [0.1, 0.15) is 15.8 Å². The van der Waals surface area contributed by atoms with E-state index in [-0.39, 0.29) is 26.4 Å². The zero-order valence-electron chi connectivity index (χ0n) is 13.3. The monoisotopic (exact) mass is 364 g/mol. The van der Waals surface area contributed by atoms with Crippen LogP contribution in [0.15, 0.2) is 34.5 Å². The minimum Gasteiger partial charge on any atom is -0.477 e. The molecule has 8 heteroatoms. The smallest absolute Gasteiger partial charge is 0.348 e. The van der Waals surface area contributed by atoms with Gasteiger partial charge in [-0.1, -0.05) is 26.8 Å². The second-order valence-corrected chi connectivity index (χ2v) is 8.71. The van der Waals surface area contributed by atoms with Crippen molar-refractivity contribution in [3.05, 3.63) is 45.6 Å². The number of carboxylic acids is 1. The topological polar surface area (TPSA) is 107 Å². The molecule has 0 unspecified atom stereocenters. The number of aromatic carboxylic acids is 1. The highest BCUT2D eigenvalue weighted by Gasteiger charge is 2.24. The summed E-state index contributed by atoms with van der Waals surface area (Å²) in [6.45, 7) is 5.88. The number of thiophene rings is 1. The maximum absolute atomic E-state index is 12.6. The highest BCUT2D eigenvalue weighted by molar-refractivity contribution is 7.92. The van der Waals surface area contributed by atoms with Gasteiger partial charge in [0.15, 0.2) is 0 Å². The van der Waals surface area contributed by atoms with E-state index in [9.17, 15) is 18.5 Å². The van der Waals surface area contributed by atoms with Crippen LogP contribution in [-0.2, 0) is 15.4 Å². The third-order valence-electron chi connectivity index (χ3n) is 3.36. The molecule has 0 aliphatic heterocycles.